The lowest BCUT2D eigenvalue weighted by atomic mass is 10.1. The van der Waals surface area contributed by atoms with Gasteiger partial charge in [-0.25, -0.2) is 4.98 Å². The van der Waals surface area contributed by atoms with Crippen LogP contribution in [-0.2, 0) is 16.2 Å². The van der Waals surface area contributed by atoms with Crippen molar-refractivity contribution in [2.75, 3.05) is 18.9 Å². The number of likely N-dealkylation sites (tertiary alicyclic amines) is 1. The van der Waals surface area contributed by atoms with Gasteiger partial charge in [0.15, 0.2) is 0 Å². The van der Waals surface area contributed by atoms with Gasteiger partial charge in [0.05, 0.1) is 16.2 Å². The molecule has 0 bridgehead atoms. The minimum absolute atomic E-state index is 0.0495. The molecule has 1 N–H and O–H groups in total. The van der Waals surface area contributed by atoms with Crippen LogP contribution in [-0.4, -0.2) is 43.6 Å². The molecule has 172 valence electrons. The van der Waals surface area contributed by atoms with Crippen molar-refractivity contribution in [1.82, 2.24) is 9.88 Å². The summed E-state index contributed by atoms with van der Waals surface area (Å²) in [6.07, 6.45) is -1.23. The lowest BCUT2D eigenvalue weighted by Gasteiger charge is -2.17. The SMILES string of the molecule is Cc1nc(C(F)(F)F)ccc1C(=O)Nc1cccc(S(=O)(=O)/N=C2\CCCCCN2C)c1. The zero-order valence-electron chi connectivity index (χ0n) is 17.6. The largest absolute Gasteiger partial charge is 0.433 e. The van der Waals surface area contributed by atoms with Crippen molar-refractivity contribution in [2.45, 2.75) is 43.7 Å². The number of sulfonamides is 1. The Morgan fingerprint density at radius 2 is 1.91 bits per heavy atom. The Balaban J connectivity index is 1.82. The summed E-state index contributed by atoms with van der Waals surface area (Å²) in [5, 5.41) is 2.51. The highest BCUT2D eigenvalue weighted by atomic mass is 32.2. The summed E-state index contributed by atoms with van der Waals surface area (Å²) in [6.45, 7) is 2.02. The van der Waals surface area contributed by atoms with E-state index < -0.39 is 27.8 Å². The second-order valence-electron chi connectivity index (χ2n) is 7.52. The average molecular weight is 469 g/mol. The number of aryl methyl sites for hydroxylation is 1. The molecule has 1 aromatic carbocycles. The molecule has 2 aromatic rings. The average Bonchev–Trinajstić information content (AvgIpc) is 2.91. The van der Waals surface area contributed by atoms with Crippen LogP contribution in [0.1, 0.15) is 47.4 Å². The van der Waals surface area contributed by atoms with E-state index >= 15 is 0 Å². The van der Waals surface area contributed by atoms with E-state index in [1.807, 2.05) is 4.90 Å². The van der Waals surface area contributed by atoms with Crippen LogP contribution >= 0.6 is 0 Å². The van der Waals surface area contributed by atoms with Crippen LogP contribution in [0, 0.1) is 6.92 Å². The maximum Gasteiger partial charge on any atom is 0.433 e. The highest BCUT2D eigenvalue weighted by Crippen LogP contribution is 2.28. The van der Waals surface area contributed by atoms with Crippen molar-refractivity contribution in [3.8, 4) is 0 Å². The summed E-state index contributed by atoms with van der Waals surface area (Å²) in [5.74, 6) is -0.212. The number of nitrogens with zero attached hydrogens (tertiary/aromatic N) is 3. The number of rotatable bonds is 4. The molecule has 7 nitrogen and oxygen atoms in total. The van der Waals surface area contributed by atoms with Crippen LogP contribution in [0.2, 0.25) is 0 Å². The third-order valence-corrected chi connectivity index (χ3v) is 6.37. The van der Waals surface area contributed by atoms with Gasteiger partial charge >= 0.3 is 6.18 Å². The summed E-state index contributed by atoms with van der Waals surface area (Å²) < 4.78 is 68.0. The molecule has 0 saturated carbocycles. The predicted molar refractivity (Wildman–Crippen MR) is 114 cm³/mol. The molecule has 0 aliphatic carbocycles. The summed E-state index contributed by atoms with van der Waals surface area (Å²) in [6, 6.07) is 7.33. The number of amidine groups is 1. The van der Waals surface area contributed by atoms with E-state index in [9.17, 15) is 26.4 Å². The van der Waals surface area contributed by atoms with Gasteiger partial charge in [-0.1, -0.05) is 12.5 Å². The lowest BCUT2D eigenvalue weighted by Crippen LogP contribution is -2.26. The number of anilines is 1. The number of hydrogen-bond acceptors (Lipinski definition) is 4. The van der Waals surface area contributed by atoms with Crippen molar-refractivity contribution in [1.29, 1.82) is 0 Å². The number of carbonyl (C=O) groups excluding carboxylic acids is 1. The van der Waals surface area contributed by atoms with Gasteiger partial charge < -0.3 is 10.2 Å². The molecule has 32 heavy (non-hydrogen) atoms. The number of benzene rings is 1. The molecular formula is C21H23F3N4O3S. The van der Waals surface area contributed by atoms with Gasteiger partial charge in [0.2, 0.25) is 0 Å². The summed E-state index contributed by atoms with van der Waals surface area (Å²) in [7, 11) is -2.20. The van der Waals surface area contributed by atoms with Gasteiger partial charge in [-0.2, -0.15) is 21.6 Å². The normalized spacial score (nSPS) is 16.7. The molecule has 1 amide bonds. The third kappa shape index (κ3) is 5.64. The van der Waals surface area contributed by atoms with Crippen molar-refractivity contribution in [3.63, 3.8) is 0 Å². The number of aromatic nitrogens is 1. The molecule has 0 spiro atoms. The first-order valence-electron chi connectivity index (χ1n) is 9.98. The minimum atomic E-state index is -4.62. The fraction of sp³-hybridized carbons (Fsp3) is 0.381. The Labute approximate surface area is 184 Å². The van der Waals surface area contributed by atoms with Crippen molar-refractivity contribution in [2.24, 2.45) is 4.40 Å². The number of hydrogen-bond donors (Lipinski definition) is 1. The summed E-state index contributed by atoms with van der Waals surface area (Å²) >= 11 is 0. The van der Waals surface area contributed by atoms with Crippen LogP contribution in [0.5, 0.6) is 0 Å². The first-order chi connectivity index (χ1) is 15.0. The van der Waals surface area contributed by atoms with Crippen LogP contribution in [0.25, 0.3) is 0 Å². The number of halogens is 3. The number of carbonyl (C=O) groups is 1. The number of alkyl halides is 3. The molecule has 0 atom stereocenters. The van der Waals surface area contributed by atoms with Crippen molar-refractivity contribution in [3.05, 3.63) is 53.3 Å². The molecular weight excluding hydrogens is 445 g/mol. The van der Waals surface area contributed by atoms with Gasteiger partial charge in [0.25, 0.3) is 15.9 Å². The van der Waals surface area contributed by atoms with Gasteiger partial charge in [0.1, 0.15) is 11.5 Å². The molecule has 1 fully saturated rings. The second-order valence-corrected chi connectivity index (χ2v) is 9.13. The molecule has 1 aliphatic heterocycles. The first kappa shape index (κ1) is 23.7. The predicted octanol–water partition coefficient (Wildman–Crippen LogP) is 4.25. The maximum atomic E-state index is 12.8. The van der Waals surface area contributed by atoms with Crippen molar-refractivity contribution < 1.29 is 26.4 Å². The Morgan fingerprint density at radius 3 is 2.59 bits per heavy atom. The van der Waals surface area contributed by atoms with E-state index in [4.69, 9.17) is 0 Å². The molecule has 0 unspecified atom stereocenters. The summed E-state index contributed by atoms with van der Waals surface area (Å²) in [4.78, 5) is 17.7. The van der Waals surface area contributed by atoms with Gasteiger partial charge in [-0.3, -0.25) is 4.79 Å². The van der Waals surface area contributed by atoms with Crippen LogP contribution < -0.4 is 5.32 Å². The Morgan fingerprint density at radius 1 is 1.16 bits per heavy atom. The minimum Gasteiger partial charge on any atom is -0.362 e. The molecule has 0 radical (unpaired) electrons. The standard InChI is InChI=1S/C21H23F3N4O3S/c1-14-17(10-11-18(25-14)21(22,23)24)20(29)26-15-7-6-8-16(13-15)32(30,31)27-19-9-4-3-5-12-28(19)2/h6-8,10-11,13H,3-5,9,12H2,1-2H3,(H,26,29)/b27-19+. The zero-order valence-corrected chi connectivity index (χ0v) is 18.4. The number of pyridine rings is 1. The van der Waals surface area contributed by atoms with Crippen LogP contribution in [0.3, 0.4) is 0 Å². The molecule has 2 heterocycles. The number of amides is 1. The molecule has 1 aliphatic rings. The van der Waals surface area contributed by atoms with Crippen LogP contribution in [0.15, 0.2) is 45.7 Å². The van der Waals surface area contributed by atoms with E-state index in [0.717, 1.165) is 37.9 Å². The molecule has 11 heteroatoms. The second kappa shape index (κ2) is 9.27. The van der Waals surface area contributed by atoms with Gasteiger partial charge in [-0.05, 0) is 50.1 Å². The van der Waals surface area contributed by atoms with Gasteiger partial charge in [0, 0.05) is 25.7 Å². The van der Waals surface area contributed by atoms with Crippen LogP contribution in [0.4, 0.5) is 18.9 Å². The van der Waals surface area contributed by atoms with E-state index in [0.29, 0.717) is 12.3 Å². The fourth-order valence-electron chi connectivity index (χ4n) is 3.33. The van der Waals surface area contributed by atoms with E-state index in [2.05, 4.69) is 14.7 Å². The smallest absolute Gasteiger partial charge is 0.362 e. The Bertz CT molecular complexity index is 1150. The quantitative estimate of drug-likeness (QED) is 0.724. The van der Waals surface area contributed by atoms with Gasteiger partial charge in [-0.15, -0.1) is 4.40 Å². The maximum absolute atomic E-state index is 12.8. The lowest BCUT2D eigenvalue weighted by molar-refractivity contribution is -0.141. The topological polar surface area (TPSA) is 91.7 Å². The highest BCUT2D eigenvalue weighted by molar-refractivity contribution is 7.90. The zero-order chi connectivity index (χ0) is 23.5. The highest BCUT2D eigenvalue weighted by Gasteiger charge is 2.33. The summed E-state index contributed by atoms with van der Waals surface area (Å²) in [5.41, 5.74) is -1.07. The third-order valence-electron chi connectivity index (χ3n) is 5.07. The molecule has 1 aromatic heterocycles. The van der Waals surface area contributed by atoms with Crippen molar-refractivity contribution >= 4 is 27.5 Å². The Hall–Kier alpha value is -2.95. The monoisotopic (exact) mass is 468 g/mol. The Kier molecular flexibility index (Phi) is 6.87. The van der Waals surface area contributed by atoms with E-state index in [1.165, 1.54) is 31.2 Å². The number of nitrogens with one attached hydrogen (secondary N) is 1. The van der Waals surface area contributed by atoms with E-state index in [1.54, 1.807) is 7.05 Å². The first-order valence-corrected chi connectivity index (χ1v) is 11.4. The molecule has 1 saturated heterocycles. The van der Waals surface area contributed by atoms with E-state index in [-0.39, 0.29) is 21.8 Å². The fourth-order valence-corrected chi connectivity index (χ4v) is 4.47. The molecule has 3 rings (SSSR count).